The minimum Gasteiger partial charge on any atom is -0.446 e. The summed E-state index contributed by atoms with van der Waals surface area (Å²) in [5, 5.41) is 9.27. The van der Waals surface area contributed by atoms with Crippen LogP contribution in [0.5, 0.6) is 0 Å². The number of aliphatic hydroxyl groups is 1. The summed E-state index contributed by atoms with van der Waals surface area (Å²) in [6, 6.07) is 7.82. The zero-order valence-corrected chi connectivity index (χ0v) is 21.9. The molecule has 0 radical (unpaired) electrons. The lowest BCUT2D eigenvalue weighted by atomic mass is 9.87. The molecule has 0 heterocycles. The molecule has 0 saturated carbocycles. The van der Waals surface area contributed by atoms with Crippen molar-refractivity contribution in [3.05, 3.63) is 53.5 Å². The van der Waals surface area contributed by atoms with E-state index < -0.39 is 27.2 Å². The fourth-order valence-corrected chi connectivity index (χ4v) is 5.86. The highest BCUT2D eigenvalue weighted by atomic mass is 32.2. The van der Waals surface area contributed by atoms with E-state index in [0.717, 1.165) is 38.5 Å². The number of ketones is 1. The molecule has 1 aromatic carbocycles. The topological polar surface area (TPSA) is 97.7 Å². The molecular formula is C28H40O6S. The molecule has 2 rings (SSSR count). The third-order valence-corrected chi connectivity index (χ3v) is 8.10. The van der Waals surface area contributed by atoms with Crippen LogP contribution >= 0.6 is 0 Å². The van der Waals surface area contributed by atoms with E-state index in [2.05, 4.69) is 0 Å². The minimum absolute atomic E-state index is 0.0366. The lowest BCUT2D eigenvalue weighted by Gasteiger charge is -2.31. The minimum atomic E-state index is -4.02. The Morgan fingerprint density at radius 2 is 1.49 bits per heavy atom. The van der Waals surface area contributed by atoms with Gasteiger partial charge in [-0.1, -0.05) is 82.1 Å². The van der Waals surface area contributed by atoms with Gasteiger partial charge in [0.25, 0.3) is 0 Å². The third-order valence-electron chi connectivity index (χ3n) is 6.31. The zero-order valence-electron chi connectivity index (χ0n) is 21.1. The van der Waals surface area contributed by atoms with E-state index in [1.807, 2.05) is 6.92 Å². The average molecular weight is 505 g/mol. The molecule has 2 unspecified atom stereocenters. The normalized spacial score (nSPS) is 18.8. The van der Waals surface area contributed by atoms with Gasteiger partial charge >= 0.3 is 5.97 Å². The van der Waals surface area contributed by atoms with E-state index >= 15 is 0 Å². The fourth-order valence-electron chi connectivity index (χ4n) is 4.42. The van der Waals surface area contributed by atoms with E-state index in [-0.39, 0.29) is 22.3 Å². The van der Waals surface area contributed by atoms with Crippen LogP contribution in [0.15, 0.2) is 58.4 Å². The van der Waals surface area contributed by atoms with E-state index in [0.29, 0.717) is 6.42 Å². The molecule has 0 saturated heterocycles. The van der Waals surface area contributed by atoms with Crippen molar-refractivity contribution in [3.63, 3.8) is 0 Å². The first-order valence-corrected chi connectivity index (χ1v) is 14.3. The van der Waals surface area contributed by atoms with Crippen molar-refractivity contribution in [1.29, 1.82) is 0 Å². The van der Waals surface area contributed by atoms with Crippen LogP contribution in [0.25, 0.3) is 0 Å². The van der Waals surface area contributed by atoms with Crippen molar-refractivity contribution in [1.82, 2.24) is 0 Å². The summed E-state index contributed by atoms with van der Waals surface area (Å²) in [7, 11) is -4.02. The predicted octanol–water partition coefficient (Wildman–Crippen LogP) is 5.85. The Morgan fingerprint density at radius 1 is 0.943 bits per heavy atom. The first-order chi connectivity index (χ1) is 16.7. The number of unbranched alkanes of at least 4 members (excludes halogenated alkanes) is 9. The van der Waals surface area contributed by atoms with Gasteiger partial charge < -0.3 is 9.84 Å². The summed E-state index contributed by atoms with van der Waals surface area (Å²) in [6.45, 7) is 3.06. The van der Waals surface area contributed by atoms with Crippen LogP contribution in [-0.2, 0) is 24.2 Å². The highest BCUT2D eigenvalue weighted by Crippen LogP contribution is 2.34. The van der Waals surface area contributed by atoms with Gasteiger partial charge in [-0.15, -0.1) is 0 Å². The first-order valence-electron chi connectivity index (χ1n) is 12.8. The van der Waals surface area contributed by atoms with Crippen LogP contribution in [0.1, 0.15) is 90.9 Å². The summed E-state index contributed by atoms with van der Waals surface area (Å²) in [4.78, 5) is 24.9. The number of carbonyl (C=O) groups excluding carboxylic acids is 2. The number of allylic oxidation sites excluding steroid dienone is 2. The molecule has 0 amide bonds. The maximum absolute atomic E-state index is 13.4. The van der Waals surface area contributed by atoms with Crippen LogP contribution in [0.2, 0.25) is 0 Å². The van der Waals surface area contributed by atoms with Crippen LogP contribution in [0, 0.1) is 0 Å². The monoisotopic (exact) mass is 504 g/mol. The summed E-state index contributed by atoms with van der Waals surface area (Å²) in [5.74, 6) is -1.30. The van der Waals surface area contributed by atoms with E-state index in [9.17, 15) is 23.1 Å². The molecule has 0 aromatic heterocycles. The molecule has 0 bridgehead atoms. The SMILES string of the molecule is CC(=O)OC1(CCCCCCCCCCCCC(C)O)C=CC=C(S(=O)(=O)c2ccccc2)C1=O. The number of Topliss-reactive ketones (excluding diaryl/α,β-unsaturated/α-hetero) is 1. The summed E-state index contributed by atoms with van der Waals surface area (Å²) in [6.07, 6.45) is 15.9. The highest BCUT2D eigenvalue weighted by Gasteiger charge is 2.45. The number of ether oxygens (including phenoxy) is 1. The Hall–Kier alpha value is -2.25. The van der Waals surface area contributed by atoms with Gasteiger partial charge in [0.1, 0.15) is 4.91 Å². The molecule has 1 aliphatic carbocycles. The Bertz CT molecular complexity index is 978. The molecule has 1 aromatic rings. The smallest absolute Gasteiger partial charge is 0.303 e. The fraction of sp³-hybridized carbons (Fsp3) is 0.571. The quantitative estimate of drug-likeness (QED) is 0.224. The van der Waals surface area contributed by atoms with Gasteiger partial charge in [-0.05, 0) is 50.5 Å². The molecule has 1 aliphatic rings. The summed E-state index contributed by atoms with van der Waals surface area (Å²) < 4.78 is 31.6. The van der Waals surface area contributed by atoms with Crippen LogP contribution in [0.3, 0.4) is 0 Å². The van der Waals surface area contributed by atoms with Gasteiger partial charge in [-0.25, -0.2) is 8.42 Å². The van der Waals surface area contributed by atoms with Crippen molar-refractivity contribution in [3.8, 4) is 0 Å². The van der Waals surface area contributed by atoms with Gasteiger partial charge in [0, 0.05) is 6.92 Å². The summed E-state index contributed by atoms with van der Waals surface area (Å²) in [5.41, 5.74) is -1.58. The maximum Gasteiger partial charge on any atom is 0.303 e. The number of hydrogen-bond acceptors (Lipinski definition) is 6. The predicted molar refractivity (Wildman–Crippen MR) is 137 cm³/mol. The molecule has 0 spiro atoms. The second kappa shape index (κ2) is 14.3. The van der Waals surface area contributed by atoms with Gasteiger partial charge in [0.05, 0.1) is 11.0 Å². The average Bonchev–Trinajstić information content (AvgIpc) is 2.81. The molecule has 194 valence electrons. The maximum atomic E-state index is 13.4. The number of hydrogen-bond donors (Lipinski definition) is 1. The second-order valence-corrected chi connectivity index (χ2v) is 11.4. The Balaban J connectivity index is 1.84. The molecule has 6 nitrogen and oxygen atoms in total. The van der Waals surface area contributed by atoms with Crippen molar-refractivity contribution in [2.24, 2.45) is 0 Å². The van der Waals surface area contributed by atoms with Crippen molar-refractivity contribution in [2.75, 3.05) is 0 Å². The second-order valence-electron chi connectivity index (χ2n) is 9.44. The van der Waals surface area contributed by atoms with Crippen molar-refractivity contribution in [2.45, 2.75) is 107 Å². The molecule has 2 atom stereocenters. The van der Waals surface area contributed by atoms with Crippen molar-refractivity contribution < 1.29 is 27.9 Å². The van der Waals surface area contributed by atoms with E-state index in [1.165, 1.54) is 63.0 Å². The molecule has 0 fully saturated rings. The Morgan fingerprint density at radius 3 is 2.03 bits per heavy atom. The first kappa shape index (κ1) is 29.0. The molecule has 0 aliphatic heterocycles. The molecule has 1 N–H and O–H groups in total. The van der Waals surface area contributed by atoms with Crippen LogP contribution in [0.4, 0.5) is 0 Å². The van der Waals surface area contributed by atoms with E-state index in [1.54, 1.807) is 18.2 Å². The summed E-state index contributed by atoms with van der Waals surface area (Å²) >= 11 is 0. The van der Waals surface area contributed by atoms with Gasteiger partial charge in [0.15, 0.2) is 5.60 Å². The van der Waals surface area contributed by atoms with Crippen LogP contribution < -0.4 is 0 Å². The molecule has 7 heteroatoms. The number of benzene rings is 1. The lowest BCUT2D eigenvalue weighted by molar-refractivity contribution is -0.159. The number of aliphatic hydroxyl groups excluding tert-OH is 1. The lowest BCUT2D eigenvalue weighted by Crippen LogP contribution is -2.44. The van der Waals surface area contributed by atoms with Gasteiger partial charge in [-0.2, -0.15) is 0 Å². The highest BCUT2D eigenvalue weighted by molar-refractivity contribution is 7.96. The number of sulfone groups is 1. The zero-order chi connectivity index (χ0) is 25.7. The standard InChI is InChI=1S/C28H40O6S/c1-23(29)17-12-9-7-5-3-4-6-8-10-15-21-28(34-24(2)30)22-16-20-26(27(28)31)35(32,33)25-18-13-11-14-19-25/h11,13-14,16,18-20,22-23,29H,3-10,12,15,17,21H2,1-2H3. The van der Waals surface area contributed by atoms with Gasteiger partial charge in [-0.3, -0.25) is 9.59 Å². The number of rotatable bonds is 16. The molecule has 35 heavy (non-hydrogen) atoms. The van der Waals surface area contributed by atoms with Crippen LogP contribution in [-0.4, -0.2) is 37.0 Å². The van der Waals surface area contributed by atoms with Gasteiger partial charge in [0.2, 0.25) is 15.6 Å². The van der Waals surface area contributed by atoms with E-state index in [4.69, 9.17) is 4.74 Å². The molecular weight excluding hydrogens is 464 g/mol. The number of carbonyl (C=O) groups is 2. The van der Waals surface area contributed by atoms with Crippen molar-refractivity contribution >= 4 is 21.6 Å². The third kappa shape index (κ3) is 9.04. The largest absolute Gasteiger partial charge is 0.446 e. The Kier molecular flexibility index (Phi) is 11.9. The number of esters is 1. The Labute approximate surface area is 210 Å².